The van der Waals surface area contributed by atoms with Crippen LogP contribution in [-0.2, 0) is 5.41 Å². The van der Waals surface area contributed by atoms with E-state index in [1.807, 2.05) is 6.07 Å². The Bertz CT molecular complexity index is 2970. The Balaban J connectivity index is 1.28. The molecule has 0 amide bonds. The first kappa shape index (κ1) is 29.8. The van der Waals surface area contributed by atoms with Gasteiger partial charge in [0.25, 0.3) is 0 Å². The van der Waals surface area contributed by atoms with Crippen LogP contribution >= 0.6 is 0 Å². The minimum atomic E-state index is -0.518. The molecule has 1 aliphatic carbocycles. The van der Waals surface area contributed by atoms with Gasteiger partial charge >= 0.3 is 0 Å². The van der Waals surface area contributed by atoms with Crippen molar-refractivity contribution < 1.29 is 4.42 Å². The molecule has 0 spiro atoms. The molecule has 0 saturated carbocycles. The van der Waals surface area contributed by atoms with E-state index in [4.69, 9.17) is 4.42 Å². The molecule has 0 fully saturated rings. The van der Waals surface area contributed by atoms with Crippen molar-refractivity contribution in [2.24, 2.45) is 0 Å². The summed E-state index contributed by atoms with van der Waals surface area (Å²) in [6, 6.07) is 72.9. The summed E-state index contributed by atoms with van der Waals surface area (Å²) >= 11 is 0. The van der Waals surface area contributed by atoms with Gasteiger partial charge in [0, 0.05) is 16.5 Å². The second kappa shape index (κ2) is 11.6. The first-order valence-corrected chi connectivity index (χ1v) is 18.3. The van der Waals surface area contributed by atoms with Crippen LogP contribution in [0.3, 0.4) is 0 Å². The highest BCUT2D eigenvalue weighted by molar-refractivity contribution is 6.18. The van der Waals surface area contributed by atoms with Gasteiger partial charge in [0.05, 0.1) is 22.2 Å². The fourth-order valence-corrected chi connectivity index (χ4v) is 9.14. The van der Waals surface area contributed by atoms with Crippen LogP contribution < -0.4 is 4.90 Å². The van der Waals surface area contributed by atoms with Crippen LogP contribution in [0.5, 0.6) is 0 Å². The summed E-state index contributed by atoms with van der Waals surface area (Å²) in [6.45, 7) is 0. The Morgan fingerprint density at radius 2 is 0.981 bits per heavy atom. The van der Waals surface area contributed by atoms with Crippen molar-refractivity contribution >= 4 is 60.5 Å². The summed E-state index contributed by atoms with van der Waals surface area (Å²) < 4.78 is 6.51. The third-order valence-corrected chi connectivity index (χ3v) is 11.3. The molecule has 0 N–H and O–H groups in total. The van der Waals surface area contributed by atoms with Crippen LogP contribution in [0.4, 0.5) is 17.1 Å². The third-order valence-electron chi connectivity index (χ3n) is 11.3. The van der Waals surface area contributed by atoms with Crippen LogP contribution in [0.1, 0.15) is 22.3 Å². The van der Waals surface area contributed by atoms with E-state index in [1.54, 1.807) is 0 Å². The van der Waals surface area contributed by atoms with Gasteiger partial charge in [-0.05, 0) is 85.9 Å². The molecular weight excluding hydrogens is 643 g/mol. The topological polar surface area (TPSA) is 16.4 Å². The van der Waals surface area contributed by atoms with Gasteiger partial charge in [-0.2, -0.15) is 0 Å². The Morgan fingerprint density at radius 1 is 0.377 bits per heavy atom. The Labute approximate surface area is 307 Å². The van der Waals surface area contributed by atoms with E-state index in [0.29, 0.717) is 0 Å². The molecule has 0 unspecified atom stereocenters. The third kappa shape index (κ3) is 4.27. The summed E-state index contributed by atoms with van der Waals surface area (Å²) in [5, 5.41) is 7.07. The number of fused-ring (bicyclic) bond motifs is 9. The second-order valence-electron chi connectivity index (χ2n) is 14.0. The van der Waals surface area contributed by atoms with Crippen molar-refractivity contribution in [3.05, 3.63) is 222 Å². The quantitative estimate of drug-likeness (QED) is 0.169. The number of rotatable bonds is 5. The lowest BCUT2D eigenvalue weighted by Crippen LogP contribution is -2.28. The number of nitrogens with zero attached hydrogens (tertiary/aromatic N) is 1. The number of hydrogen-bond acceptors (Lipinski definition) is 2. The fourth-order valence-electron chi connectivity index (χ4n) is 9.14. The molecule has 0 saturated heterocycles. The minimum Gasteiger partial charge on any atom is -0.456 e. The molecule has 9 aromatic carbocycles. The fraction of sp³-hybridized carbons (Fsp3) is 0.0196. The first-order valence-electron chi connectivity index (χ1n) is 18.3. The molecule has 2 nitrogen and oxygen atoms in total. The van der Waals surface area contributed by atoms with Crippen LogP contribution in [-0.4, -0.2) is 0 Å². The molecule has 2 heteroatoms. The summed E-state index contributed by atoms with van der Waals surface area (Å²) in [7, 11) is 0. The highest BCUT2D eigenvalue weighted by Crippen LogP contribution is 2.58. The van der Waals surface area contributed by atoms with E-state index in [0.717, 1.165) is 39.0 Å². The molecule has 248 valence electrons. The number of para-hydroxylation sites is 1. The number of benzene rings is 9. The van der Waals surface area contributed by atoms with Crippen molar-refractivity contribution in [2.75, 3.05) is 4.90 Å². The second-order valence-corrected chi connectivity index (χ2v) is 14.0. The van der Waals surface area contributed by atoms with Crippen molar-refractivity contribution in [1.82, 2.24) is 0 Å². The zero-order chi connectivity index (χ0) is 34.9. The van der Waals surface area contributed by atoms with Crippen molar-refractivity contribution in [2.45, 2.75) is 5.41 Å². The van der Waals surface area contributed by atoms with Gasteiger partial charge in [0.1, 0.15) is 11.2 Å². The number of anilines is 3. The van der Waals surface area contributed by atoms with E-state index < -0.39 is 5.41 Å². The van der Waals surface area contributed by atoms with Crippen LogP contribution in [0.15, 0.2) is 205 Å². The van der Waals surface area contributed by atoms with Gasteiger partial charge in [0.2, 0.25) is 0 Å². The zero-order valence-corrected chi connectivity index (χ0v) is 28.9. The van der Waals surface area contributed by atoms with E-state index in [9.17, 15) is 0 Å². The molecule has 1 heterocycles. The lowest BCUT2D eigenvalue weighted by Gasteiger charge is -2.35. The maximum absolute atomic E-state index is 6.51. The zero-order valence-electron chi connectivity index (χ0n) is 28.9. The van der Waals surface area contributed by atoms with Crippen molar-refractivity contribution in [1.29, 1.82) is 0 Å². The maximum atomic E-state index is 6.51. The molecule has 11 rings (SSSR count). The highest BCUT2D eigenvalue weighted by Gasteiger charge is 2.46. The molecule has 0 bridgehead atoms. The average molecular weight is 676 g/mol. The summed E-state index contributed by atoms with van der Waals surface area (Å²) in [5.41, 5.74) is 12.1. The van der Waals surface area contributed by atoms with E-state index in [2.05, 4.69) is 199 Å². The minimum absolute atomic E-state index is 0.518. The molecule has 0 atom stereocenters. The van der Waals surface area contributed by atoms with Gasteiger partial charge < -0.3 is 9.32 Å². The smallest absolute Gasteiger partial charge is 0.137 e. The maximum Gasteiger partial charge on any atom is 0.137 e. The monoisotopic (exact) mass is 675 g/mol. The standard InChI is InChI=1S/C51H33NO/c1-3-17-35(18-4-1)51(36-19-5-2-6-20-36)44-26-13-11-23-40(44)41-31-30-37(33-45(41)51)52(46-27-15-29-49-50(46)43-25-12-14-28-48(43)53-49)47-32-34-16-7-8-21-38(34)39-22-9-10-24-42(39)47/h1-33H. The van der Waals surface area contributed by atoms with Gasteiger partial charge in [0.15, 0.2) is 0 Å². The molecule has 0 radical (unpaired) electrons. The van der Waals surface area contributed by atoms with Gasteiger partial charge in [-0.25, -0.2) is 0 Å². The SMILES string of the molecule is c1ccc(C2(c3ccccc3)c3ccccc3-c3ccc(N(c4cc5ccccc5c5ccccc45)c4cccc5oc6ccccc6c45)cc32)cc1. The van der Waals surface area contributed by atoms with Crippen LogP contribution in [0.25, 0.3) is 54.6 Å². The predicted molar refractivity (Wildman–Crippen MR) is 221 cm³/mol. The number of hydrogen-bond donors (Lipinski definition) is 0. The molecule has 1 aromatic heterocycles. The first-order chi connectivity index (χ1) is 26.3. The largest absolute Gasteiger partial charge is 0.456 e. The average Bonchev–Trinajstić information content (AvgIpc) is 3.76. The molecule has 53 heavy (non-hydrogen) atoms. The lowest BCUT2D eigenvalue weighted by atomic mass is 9.67. The van der Waals surface area contributed by atoms with Crippen molar-refractivity contribution in [3.63, 3.8) is 0 Å². The van der Waals surface area contributed by atoms with Gasteiger partial charge in [-0.15, -0.1) is 0 Å². The van der Waals surface area contributed by atoms with E-state index in [1.165, 1.54) is 54.9 Å². The highest BCUT2D eigenvalue weighted by atomic mass is 16.3. The Kier molecular flexibility index (Phi) is 6.50. The van der Waals surface area contributed by atoms with Gasteiger partial charge in [-0.1, -0.05) is 164 Å². The predicted octanol–water partition coefficient (Wildman–Crippen LogP) is 13.7. The molecule has 1 aliphatic rings. The Morgan fingerprint density at radius 3 is 1.77 bits per heavy atom. The summed E-state index contributed by atoms with van der Waals surface area (Å²) in [4.78, 5) is 2.48. The van der Waals surface area contributed by atoms with E-state index in [-0.39, 0.29) is 0 Å². The normalized spacial score (nSPS) is 13.1. The lowest BCUT2D eigenvalue weighted by molar-refractivity contribution is 0.669. The molecular formula is C51H33NO. The van der Waals surface area contributed by atoms with Crippen molar-refractivity contribution in [3.8, 4) is 11.1 Å². The molecule has 10 aromatic rings. The summed E-state index contributed by atoms with van der Waals surface area (Å²) in [5.74, 6) is 0. The van der Waals surface area contributed by atoms with Gasteiger partial charge in [-0.3, -0.25) is 0 Å². The summed E-state index contributed by atoms with van der Waals surface area (Å²) in [6.07, 6.45) is 0. The van der Waals surface area contributed by atoms with Crippen LogP contribution in [0.2, 0.25) is 0 Å². The number of furan rings is 1. The Hall–Kier alpha value is -6.90. The molecule has 0 aliphatic heterocycles. The van der Waals surface area contributed by atoms with E-state index >= 15 is 0 Å². The van der Waals surface area contributed by atoms with Crippen LogP contribution in [0, 0.1) is 0 Å².